The monoisotopic (exact) mass is 395 g/mol. The minimum atomic E-state index is 0. The summed E-state index contributed by atoms with van der Waals surface area (Å²) in [5.41, 5.74) is 0. The zero-order valence-corrected chi connectivity index (χ0v) is 16.7. The first kappa shape index (κ1) is 18.3. The van der Waals surface area contributed by atoms with Crippen molar-refractivity contribution in [1.29, 1.82) is 0 Å². The second kappa shape index (κ2) is 7.80. The molecule has 4 rings (SSSR count). The van der Waals surface area contributed by atoms with E-state index in [0.29, 0.717) is 0 Å². The smallest absolute Gasteiger partial charge is 0.208 e. The molecule has 4 heterocycles. The number of anilines is 2. The van der Waals surface area contributed by atoms with E-state index < -0.39 is 0 Å². The predicted molar refractivity (Wildman–Crippen MR) is 101 cm³/mol. The molecule has 0 saturated carbocycles. The van der Waals surface area contributed by atoms with Crippen LogP contribution in [0.25, 0.3) is 10.2 Å². The van der Waals surface area contributed by atoms with Gasteiger partial charge in [0.1, 0.15) is 22.0 Å². The number of hydrogen-bond acceptors (Lipinski definition) is 8. The molecule has 6 nitrogen and oxygen atoms in total. The molecule has 0 spiro atoms. The maximum absolute atomic E-state index is 4.57. The molecule has 0 bridgehead atoms. The van der Waals surface area contributed by atoms with Crippen LogP contribution in [0.2, 0.25) is 0 Å². The van der Waals surface area contributed by atoms with Gasteiger partial charge in [-0.15, -0.1) is 21.5 Å². The second-order valence-corrected chi connectivity index (χ2v) is 7.94. The maximum Gasteiger partial charge on any atom is 0.208 e. The first-order valence-corrected chi connectivity index (χ1v) is 9.97. The molecule has 1 aliphatic rings. The van der Waals surface area contributed by atoms with Gasteiger partial charge in [-0.05, 0) is 18.9 Å². The highest BCUT2D eigenvalue weighted by atomic mass is 35.5. The fourth-order valence-corrected chi connectivity index (χ4v) is 4.70. The van der Waals surface area contributed by atoms with Crippen LogP contribution in [-0.4, -0.2) is 46.3 Å². The van der Waals surface area contributed by atoms with Crippen LogP contribution >= 0.6 is 22.7 Å². The van der Waals surface area contributed by atoms with Crippen LogP contribution in [-0.2, 0) is 12.8 Å². The van der Waals surface area contributed by atoms with Crippen molar-refractivity contribution in [3.8, 4) is 0 Å². The van der Waals surface area contributed by atoms with E-state index in [2.05, 4.69) is 49.9 Å². The maximum atomic E-state index is 4.57. The molecule has 1 aliphatic heterocycles. The number of hydrogen-bond donors (Lipinski definition) is 0. The van der Waals surface area contributed by atoms with Crippen molar-refractivity contribution in [3.63, 3.8) is 0 Å². The number of aryl methyl sites for hydroxylation is 2. The molecule has 3 aromatic heterocycles. The molecule has 3 aromatic rings. The largest absolute Gasteiger partial charge is 1.00 e. The van der Waals surface area contributed by atoms with Crippen molar-refractivity contribution >= 4 is 43.8 Å². The average molecular weight is 396 g/mol. The Balaban J connectivity index is 0.00000182. The van der Waals surface area contributed by atoms with Crippen molar-refractivity contribution in [1.82, 2.24) is 20.2 Å². The van der Waals surface area contributed by atoms with Gasteiger partial charge in [0, 0.05) is 31.1 Å². The molecule has 0 N–H and O–H groups in total. The first-order chi connectivity index (χ1) is 11.8. The van der Waals surface area contributed by atoms with Crippen molar-refractivity contribution in [2.24, 2.45) is 0 Å². The molecule has 0 unspecified atom stereocenters. The lowest BCUT2D eigenvalue weighted by atomic mass is 10.2. The molecule has 1 saturated heterocycles. The average Bonchev–Trinajstić information content (AvgIpc) is 3.28. The Morgan fingerprint density at radius 1 is 0.960 bits per heavy atom. The summed E-state index contributed by atoms with van der Waals surface area (Å²) in [6.07, 6.45) is 3.69. The van der Waals surface area contributed by atoms with Gasteiger partial charge >= 0.3 is 0 Å². The van der Waals surface area contributed by atoms with Crippen LogP contribution in [0.15, 0.2) is 12.4 Å². The molecule has 25 heavy (non-hydrogen) atoms. The fraction of sp³-hybridized carbons (Fsp3) is 0.500. The van der Waals surface area contributed by atoms with Gasteiger partial charge in [0.15, 0.2) is 0 Å². The third kappa shape index (κ3) is 3.56. The van der Waals surface area contributed by atoms with E-state index in [9.17, 15) is 0 Å². The summed E-state index contributed by atoms with van der Waals surface area (Å²) in [6.45, 7) is 8.11. The second-order valence-electron chi connectivity index (χ2n) is 5.79. The number of aromatic nitrogens is 4. The van der Waals surface area contributed by atoms with E-state index in [1.165, 1.54) is 10.3 Å². The number of nitrogens with zero attached hydrogens (tertiary/aromatic N) is 6. The van der Waals surface area contributed by atoms with E-state index in [1.807, 2.05) is 0 Å². The van der Waals surface area contributed by atoms with E-state index >= 15 is 0 Å². The fourth-order valence-electron chi connectivity index (χ4n) is 2.94. The molecule has 0 aromatic carbocycles. The summed E-state index contributed by atoms with van der Waals surface area (Å²) in [5, 5.41) is 11.9. The Labute approximate surface area is 161 Å². The number of fused-ring (bicyclic) bond motifs is 1. The van der Waals surface area contributed by atoms with Gasteiger partial charge < -0.3 is 22.2 Å². The topological polar surface area (TPSA) is 58.0 Å². The Hall–Kier alpha value is -1.51. The van der Waals surface area contributed by atoms with Gasteiger partial charge in [-0.1, -0.05) is 25.2 Å². The zero-order chi connectivity index (χ0) is 16.5. The molecule has 0 amide bonds. The van der Waals surface area contributed by atoms with Crippen molar-refractivity contribution in [2.75, 3.05) is 36.0 Å². The minimum absolute atomic E-state index is 0. The van der Waals surface area contributed by atoms with Crippen LogP contribution in [0.4, 0.5) is 10.9 Å². The highest BCUT2D eigenvalue weighted by Gasteiger charge is 2.22. The van der Waals surface area contributed by atoms with Gasteiger partial charge in [0.05, 0.1) is 5.39 Å². The normalized spacial score (nSPS) is 14.8. The predicted octanol–water partition coefficient (Wildman–Crippen LogP) is -0.00180. The van der Waals surface area contributed by atoms with E-state index in [-0.39, 0.29) is 12.4 Å². The summed E-state index contributed by atoms with van der Waals surface area (Å²) in [4.78, 5) is 16.2. The zero-order valence-electron chi connectivity index (χ0n) is 14.3. The van der Waals surface area contributed by atoms with E-state index in [1.54, 1.807) is 29.0 Å². The van der Waals surface area contributed by atoms with Crippen LogP contribution in [0.5, 0.6) is 0 Å². The summed E-state index contributed by atoms with van der Waals surface area (Å²) < 4.78 is 0. The van der Waals surface area contributed by atoms with Gasteiger partial charge in [-0.3, -0.25) is 0 Å². The lowest BCUT2D eigenvalue weighted by Crippen LogP contribution is -3.00. The Kier molecular flexibility index (Phi) is 5.71. The molecule has 134 valence electrons. The molecular weight excluding hydrogens is 376 g/mol. The summed E-state index contributed by atoms with van der Waals surface area (Å²) >= 11 is 3.48. The molecular formula is C16H20ClN6S2-. The van der Waals surface area contributed by atoms with Gasteiger partial charge in [0.2, 0.25) is 5.13 Å². The highest BCUT2D eigenvalue weighted by molar-refractivity contribution is 7.18. The molecule has 9 heteroatoms. The Bertz CT molecular complexity index is 840. The van der Waals surface area contributed by atoms with Gasteiger partial charge in [-0.25, -0.2) is 9.97 Å². The lowest BCUT2D eigenvalue weighted by molar-refractivity contribution is -0.00000493. The van der Waals surface area contributed by atoms with Crippen LogP contribution in [0.1, 0.15) is 23.7 Å². The molecule has 0 radical (unpaired) electrons. The summed E-state index contributed by atoms with van der Waals surface area (Å²) in [7, 11) is 0. The van der Waals surface area contributed by atoms with E-state index in [4.69, 9.17) is 0 Å². The third-order valence-electron chi connectivity index (χ3n) is 4.32. The molecule has 1 fully saturated rings. The van der Waals surface area contributed by atoms with Crippen LogP contribution < -0.4 is 22.2 Å². The summed E-state index contributed by atoms with van der Waals surface area (Å²) in [6, 6.07) is 2.25. The van der Waals surface area contributed by atoms with Crippen LogP contribution in [0, 0.1) is 0 Å². The van der Waals surface area contributed by atoms with E-state index in [0.717, 1.165) is 59.8 Å². The SMILES string of the molecule is CCc1cc2c(N3CCN(c4nnc(CC)s4)CC3)ncnc2s1.[Cl-]. The standard InChI is InChI=1S/C16H20N6S2.ClH/c1-3-11-9-12-14(17-10-18-15(12)23-11)21-5-7-22(8-6-21)16-20-19-13(4-2)24-16;/h9-10H,3-8H2,1-2H3;1H/p-1. The minimum Gasteiger partial charge on any atom is -1.00 e. The van der Waals surface area contributed by atoms with Crippen molar-refractivity contribution < 1.29 is 12.4 Å². The van der Waals surface area contributed by atoms with Crippen LogP contribution in [0.3, 0.4) is 0 Å². The lowest BCUT2D eigenvalue weighted by Gasteiger charge is -2.35. The number of rotatable bonds is 4. The quantitative estimate of drug-likeness (QED) is 0.619. The third-order valence-corrected chi connectivity index (χ3v) is 6.63. The van der Waals surface area contributed by atoms with Gasteiger partial charge in [-0.2, -0.15) is 0 Å². The van der Waals surface area contributed by atoms with Crippen molar-refractivity contribution in [3.05, 3.63) is 22.3 Å². The number of piperazine rings is 1. The number of halogens is 1. The highest BCUT2D eigenvalue weighted by Crippen LogP contribution is 2.31. The Morgan fingerprint density at radius 3 is 2.40 bits per heavy atom. The molecule has 0 atom stereocenters. The number of thiophene rings is 1. The van der Waals surface area contributed by atoms with Gasteiger partial charge in [0.25, 0.3) is 0 Å². The summed E-state index contributed by atoms with van der Waals surface area (Å²) in [5.74, 6) is 1.07. The Morgan fingerprint density at radius 2 is 1.72 bits per heavy atom. The molecule has 0 aliphatic carbocycles. The van der Waals surface area contributed by atoms with Crippen molar-refractivity contribution in [2.45, 2.75) is 26.7 Å². The first-order valence-electron chi connectivity index (χ1n) is 8.34.